The van der Waals surface area contributed by atoms with Crippen LogP contribution in [-0.4, -0.2) is 11.5 Å². The van der Waals surface area contributed by atoms with Crippen LogP contribution in [0, 0.1) is 6.92 Å². The van der Waals surface area contributed by atoms with E-state index in [1.54, 1.807) is 0 Å². The molecule has 2 aromatic rings. The first-order valence-corrected chi connectivity index (χ1v) is 8.56. The molecular weight excluding hydrogens is 276 g/mol. The fraction of sp³-hybridized carbons (Fsp3) is 0.389. The predicted octanol–water partition coefficient (Wildman–Crippen LogP) is 4.74. The molecule has 21 heavy (non-hydrogen) atoms. The Morgan fingerprint density at radius 1 is 1.19 bits per heavy atom. The number of nitrogens with zero attached hydrogens (tertiary/aromatic N) is 1. The Morgan fingerprint density at radius 3 is 2.62 bits per heavy atom. The van der Waals surface area contributed by atoms with Gasteiger partial charge < -0.3 is 5.32 Å². The van der Waals surface area contributed by atoms with Crippen LogP contribution in [0.4, 0.5) is 0 Å². The van der Waals surface area contributed by atoms with Crippen molar-refractivity contribution in [3.8, 4) is 0 Å². The summed E-state index contributed by atoms with van der Waals surface area (Å²) in [6.07, 6.45) is 3.04. The predicted molar refractivity (Wildman–Crippen MR) is 91.7 cm³/mol. The summed E-state index contributed by atoms with van der Waals surface area (Å²) >= 11 is 1.84. The third kappa shape index (κ3) is 4.87. The van der Waals surface area contributed by atoms with Crippen LogP contribution in [-0.2, 0) is 5.75 Å². The Hall–Kier alpha value is -1.32. The van der Waals surface area contributed by atoms with Crippen LogP contribution in [0.15, 0.2) is 47.5 Å². The SMILES string of the molecule is CCCNC(C)c1ccc(SCc2ncccc2C)cc1. The van der Waals surface area contributed by atoms with Crippen LogP contribution in [0.2, 0.25) is 0 Å². The molecule has 2 rings (SSSR count). The minimum atomic E-state index is 0.419. The van der Waals surface area contributed by atoms with Crippen LogP contribution >= 0.6 is 11.8 Å². The molecule has 3 heteroatoms. The Morgan fingerprint density at radius 2 is 1.95 bits per heavy atom. The molecule has 1 heterocycles. The number of hydrogen-bond acceptors (Lipinski definition) is 3. The molecule has 1 aromatic heterocycles. The highest BCUT2D eigenvalue weighted by atomic mass is 32.2. The lowest BCUT2D eigenvalue weighted by atomic mass is 10.1. The van der Waals surface area contributed by atoms with E-state index in [0.29, 0.717) is 6.04 Å². The van der Waals surface area contributed by atoms with E-state index in [9.17, 15) is 0 Å². The van der Waals surface area contributed by atoms with E-state index in [0.717, 1.165) is 12.3 Å². The number of aryl methyl sites for hydroxylation is 1. The zero-order chi connectivity index (χ0) is 15.1. The van der Waals surface area contributed by atoms with Crippen molar-refractivity contribution in [3.63, 3.8) is 0 Å². The number of hydrogen-bond donors (Lipinski definition) is 1. The summed E-state index contributed by atoms with van der Waals surface area (Å²) in [5.74, 6) is 0.926. The molecule has 0 saturated carbocycles. The smallest absolute Gasteiger partial charge is 0.0535 e. The molecule has 1 N–H and O–H groups in total. The van der Waals surface area contributed by atoms with Gasteiger partial charge in [0, 0.05) is 22.9 Å². The molecule has 1 unspecified atom stereocenters. The molecule has 1 atom stereocenters. The molecule has 1 aromatic carbocycles. The second-order valence-corrected chi connectivity index (χ2v) is 6.35. The van der Waals surface area contributed by atoms with Crippen LogP contribution in [0.5, 0.6) is 0 Å². The van der Waals surface area contributed by atoms with E-state index in [1.807, 2.05) is 24.0 Å². The molecule has 0 fully saturated rings. The molecule has 0 aliphatic heterocycles. The van der Waals surface area contributed by atoms with E-state index < -0.39 is 0 Å². The highest BCUT2D eigenvalue weighted by Crippen LogP contribution is 2.24. The normalized spacial score (nSPS) is 12.3. The summed E-state index contributed by atoms with van der Waals surface area (Å²) in [5, 5.41) is 3.52. The van der Waals surface area contributed by atoms with Gasteiger partial charge in [-0.15, -0.1) is 11.8 Å². The van der Waals surface area contributed by atoms with Crippen molar-refractivity contribution in [3.05, 3.63) is 59.4 Å². The minimum Gasteiger partial charge on any atom is -0.310 e. The lowest BCUT2D eigenvalue weighted by molar-refractivity contribution is 0.570. The maximum atomic E-state index is 4.44. The second-order valence-electron chi connectivity index (χ2n) is 5.30. The summed E-state index contributed by atoms with van der Waals surface area (Å²) in [5.41, 5.74) is 3.78. The number of rotatable bonds is 7. The molecule has 0 aliphatic carbocycles. The molecule has 0 aliphatic rings. The highest BCUT2D eigenvalue weighted by molar-refractivity contribution is 7.98. The molecule has 0 saturated heterocycles. The Kier molecular flexibility index (Phi) is 6.27. The van der Waals surface area contributed by atoms with Crippen LogP contribution in [0.1, 0.15) is 43.1 Å². The Balaban J connectivity index is 1.92. The maximum absolute atomic E-state index is 4.44. The molecular formula is C18H24N2S. The van der Waals surface area contributed by atoms with Crippen molar-refractivity contribution in [1.82, 2.24) is 10.3 Å². The van der Waals surface area contributed by atoms with Gasteiger partial charge in [0.15, 0.2) is 0 Å². The molecule has 0 spiro atoms. The summed E-state index contributed by atoms with van der Waals surface area (Å²) in [7, 11) is 0. The number of nitrogens with one attached hydrogen (secondary N) is 1. The summed E-state index contributed by atoms with van der Waals surface area (Å²) < 4.78 is 0. The average molecular weight is 300 g/mol. The standard InChI is InChI=1S/C18H24N2S/c1-4-11-19-15(3)16-7-9-17(10-8-16)21-13-18-14(2)6-5-12-20-18/h5-10,12,15,19H,4,11,13H2,1-3H3. The number of thioether (sulfide) groups is 1. The zero-order valence-corrected chi connectivity index (χ0v) is 13.9. The Bertz CT molecular complexity index is 551. The van der Waals surface area contributed by atoms with Gasteiger partial charge in [-0.05, 0) is 56.1 Å². The van der Waals surface area contributed by atoms with Crippen LogP contribution in [0.3, 0.4) is 0 Å². The van der Waals surface area contributed by atoms with E-state index in [1.165, 1.54) is 28.1 Å². The third-order valence-corrected chi connectivity index (χ3v) is 4.60. The van der Waals surface area contributed by atoms with Crippen molar-refractivity contribution < 1.29 is 0 Å². The maximum Gasteiger partial charge on any atom is 0.0535 e. The van der Waals surface area contributed by atoms with Gasteiger partial charge in [0.25, 0.3) is 0 Å². The van der Waals surface area contributed by atoms with Crippen LogP contribution in [0.25, 0.3) is 0 Å². The van der Waals surface area contributed by atoms with Crippen molar-refractivity contribution in [1.29, 1.82) is 0 Å². The lowest BCUT2D eigenvalue weighted by Crippen LogP contribution is -2.19. The van der Waals surface area contributed by atoms with Gasteiger partial charge in [-0.25, -0.2) is 0 Å². The van der Waals surface area contributed by atoms with Crippen LogP contribution < -0.4 is 5.32 Å². The quantitative estimate of drug-likeness (QED) is 0.747. The molecule has 112 valence electrons. The fourth-order valence-corrected chi connectivity index (χ4v) is 3.09. The minimum absolute atomic E-state index is 0.419. The van der Waals surface area contributed by atoms with Gasteiger partial charge in [-0.2, -0.15) is 0 Å². The first-order chi connectivity index (χ1) is 10.2. The molecule has 0 radical (unpaired) electrons. The second kappa shape index (κ2) is 8.20. The van der Waals surface area contributed by atoms with Gasteiger partial charge in [0.1, 0.15) is 0 Å². The molecule has 0 bridgehead atoms. The van der Waals surface area contributed by atoms with E-state index in [-0.39, 0.29) is 0 Å². The summed E-state index contributed by atoms with van der Waals surface area (Å²) in [6, 6.07) is 13.4. The van der Waals surface area contributed by atoms with E-state index in [4.69, 9.17) is 0 Å². The van der Waals surface area contributed by atoms with Gasteiger partial charge in [-0.3, -0.25) is 4.98 Å². The van der Waals surface area contributed by atoms with Gasteiger partial charge in [-0.1, -0.05) is 25.1 Å². The topological polar surface area (TPSA) is 24.9 Å². The van der Waals surface area contributed by atoms with Crippen molar-refractivity contribution in [2.45, 2.75) is 43.9 Å². The highest BCUT2D eigenvalue weighted by Gasteiger charge is 2.05. The van der Waals surface area contributed by atoms with Gasteiger partial charge >= 0.3 is 0 Å². The first-order valence-electron chi connectivity index (χ1n) is 7.57. The van der Waals surface area contributed by atoms with Crippen molar-refractivity contribution in [2.24, 2.45) is 0 Å². The zero-order valence-electron chi connectivity index (χ0n) is 13.1. The third-order valence-electron chi connectivity index (χ3n) is 3.57. The van der Waals surface area contributed by atoms with Gasteiger partial charge in [0.2, 0.25) is 0 Å². The van der Waals surface area contributed by atoms with E-state index in [2.05, 4.69) is 61.4 Å². The first kappa shape index (κ1) is 16.1. The number of pyridine rings is 1. The average Bonchev–Trinajstić information content (AvgIpc) is 2.52. The number of benzene rings is 1. The largest absolute Gasteiger partial charge is 0.310 e. The summed E-state index contributed by atoms with van der Waals surface area (Å²) in [6.45, 7) is 7.60. The monoisotopic (exact) mass is 300 g/mol. The molecule has 2 nitrogen and oxygen atoms in total. The Labute approximate surface area is 132 Å². The number of aromatic nitrogens is 1. The van der Waals surface area contributed by atoms with Crippen molar-refractivity contribution in [2.75, 3.05) is 6.54 Å². The fourth-order valence-electron chi connectivity index (χ4n) is 2.15. The molecule has 0 amide bonds. The lowest BCUT2D eigenvalue weighted by Gasteiger charge is -2.14. The van der Waals surface area contributed by atoms with E-state index >= 15 is 0 Å². The van der Waals surface area contributed by atoms with Gasteiger partial charge in [0.05, 0.1) is 5.69 Å². The van der Waals surface area contributed by atoms with Crippen molar-refractivity contribution >= 4 is 11.8 Å². The summed E-state index contributed by atoms with van der Waals surface area (Å²) in [4.78, 5) is 5.74.